The molecule has 0 heterocycles. The zero-order chi connectivity index (χ0) is 19.6. The predicted molar refractivity (Wildman–Crippen MR) is 124 cm³/mol. The lowest BCUT2D eigenvalue weighted by molar-refractivity contribution is 0.242. The summed E-state index contributed by atoms with van der Waals surface area (Å²) in [7, 11) is 1.58. The molecule has 6 nitrogen and oxygen atoms in total. The molecule has 2 aromatic rings. The summed E-state index contributed by atoms with van der Waals surface area (Å²) in [5.41, 5.74) is 7.73. The van der Waals surface area contributed by atoms with Gasteiger partial charge in [0.15, 0.2) is 17.5 Å². The minimum Gasteiger partial charge on any atom is -0.493 e. The maximum absolute atomic E-state index is 5.97. The SMILES string of the molecule is C#CCOc1cc(CN=C(N)Nc2ccc(OC(C)C)cc2)ccc1OC.I. The summed E-state index contributed by atoms with van der Waals surface area (Å²) in [4.78, 5) is 4.35. The van der Waals surface area contributed by atoms with Gasteiger partial charge in [0, 0.05) is 5.69 Å². The summed E-state index contributed by atoms with van der Waals surface area (Å²) in [5, 5.41) is 3.05. The summed E-state index contributed by atoms with van der Waals surface area (Å²) in [5.74, 6) is 4.76. The Labute approximate surface area is 183 Å². The van der Waals surface area contributed by atoms with Crippen molar-refractivity contribution in [2.75, 3.05) is 19.0 Å². The molecular formula is C21H26IN3O3. The van der Waals surface area contributed by atoms with Crippen molar-refractivity contribution >= 4 is 35.6 Å². The van der Waals surface area contributed by atoms with Gasteiger partial charge in [-0.25, -0.2) is 4.99 Å². The molecule has 0 aliphatic carbocycles. The van der Waals surface area contributed by atoms with Crippen LogP contribution in [-0.4, -0.2) is 25.8 Å². The fourth-order valence-corrected chi connectivity index (χ4v) is 2.30. The van der Waals surface area contributed by atoms with E-state index in [-0.39, 0.29) is 36.7 Å². The first-order valence-corrected chi connectivity index (χ1v) is 8.58. The number of methoxy groups -OCH3 is 1. The number of benzene rings is 2. The van der Waals surface area contributed by atoms with E-state index in [1.807, 2.05) is 56.3 Å². The third-order valence-electron chi connectivity index (χ3n) is 3.47. The van der Waals surface area contributed by atoms with Gasteiger partial charge in [-0.15, -0.1) is 30.4 Å². The average molecular weight is 495 g/mol. The number of anilines is 1. The molecule has 0 aliphatic heterocycles. The number of guanidine groups is 1. The van der Waals surface area contributed by atoms with Crippen LogP contribution in [0.15, 0.2) is 47.5 Å². The first-order chi connectivity index (χ1) is 13.0. The fourth-order valence-electron chi connectivity index (χ4n) is 2.30. The molecule has 0 saturated heterocycles. The number of nitrogens with two attached hydrogens (primary N) is 1. The number of nitrogens with one attached hydrogen (secondary N) is 1. The molecular weight excluding hydrogens is 469 g/mol. The van der Waals surface area contributed by atoms with Crippen molar-refractivity contribution in [3.05, 3.63) is 48.0 Å². The lowest BCUT2D eigenvalue weighted by Crippen LogP contribution is -2.22. The van der Waals surface area contributed by atoms with Crippen LogP contribution in [0.3, 0.4) is 0 Å². The smallest absolute Gasteiger partial charge is 0.193 e. The quantitative estimate of drug-likeness (QED) is 0.250. The Bertz CT molecular complexity index is 815. The second kappa shape index (κ2) is 12.0. The van der Waals surface area contributed by atoms with Gasteiger partial charge >= 0.3 is 0 Å². The average Bonchev–Trinajstić information content (AvgIpc) is 2.66. The Balaban J connectivity index is 0.00000392. The number of nitrogens with zero attached hydrogens (tertiary/aromatic N) is 1. The van der Waals surface area contributed by atoms with Gasteiger partial charge in [-0.3, -0.25) is 0 Å². The van der Waals surface area contributed by atoms with Crippen LogP contribution >= 0.6 is 24.0 Å². The van der Waals surface area contributed by atoms with Crippen molar-refractivity contribution in [1.82, 2.24) is 0 Å². The van der Waals surface area contributed by atoms with E-state index in [1.165, 1.54) is 0 Å². The van der Waals surface area contributed by atoms with Crippen molar-refractivity contribution in [1.29, 1.82) is 0 Å². The van der Waals surface area contributed by atoms with Crippen LogP contribution in [-0.2, 0) is 6.54 Å². The molecule has 3 N–H and O–H groups in total. The highest BCUT2D eigenvalue weighted by Crippen LogP contribution is 2.28. The van der Waals surface area contributed by atoms with Gasteiger partial charge in [-0.2, -0.15) is 0 Å². The van der Waals surface area contributed by atoms with E-state index in [4.69, 9.17) is 26.4 Å². The van der Waals surface area contributed by atoms with Crippen LogP contribution in [0.4, 0.5) is 5.69 Å². The first kappa shape index (κ1) is 23.4. The summed E-state index contributed by atoms with van der Waals surface area (Å²) < 4.78 is 16.4. The number of ether oxygens (including phenoxy) is 3. The zero-order valence-electron chi connectivity index (χ0n) is 16.3. The monoisotopic (exact) mass is 495 g/mol. The Hall–Kier alpha value is -2.60. The standard InChI is InChI=1S/C21H25N3O3.HI/c1-5-12-26-20-13-16(6-11-19(20)25-4)14-23-21(22)24-17-7-9-18(10-8-17)27-15(2)3;/h1,6-11,13,15H,12,14H2,2-4H3,(H3,22,23,24);1H. The predicted octanol–water partition coefficient (Wildman–Crippen LogP) is 4.04. The third-order valence-corrected chi connectivity index (χ3v) is 3.47. The van der Waals surface area contributed by atoms with Gasteiger partial charge in [0.25, 0.3) is 0 Å². The molecule has 2 rings (SSSR count). The lowest BCUT2D eigenvalue weighted by atomic mass is 10.2. The summed E-state index contributed by atoms with van der Waals surface area (Å²) in [6.07, 6.45) is 5.37. The molecule has 0 atom stereocenters. The third kappa shape index (κ3) is 7.56. The molecule has 0 amide bonds. The van der Waals surface area contributed by atoms with Gasteiger partial charge < -0.3 is 25.3 Å². The van der Waals surface area contributed by atoms with Crippen LogP contribution in [0.1, 0.15) is 19.4 Å². The van der Waals surface area contributed by atoms with Crippen molar-refractivity contribution in [2.45, 2.75) is 26.5 Å². The molecule has 7 heteroatoms. The second-order valence-corrected chi connectivity index (χ2v) is 6.00. The van der Waals surface area contributed by atoms with E-state index in [1.54, 1.807) is 7.11 Å². The van der Waals surface area contributed by atoms with E-state index in [0.717, 1.165) is 17.0 Å². The topological polar surface area (TPSA) is 78.1 Å². The molecule has 28 heavy (non-hydrogen) atoms. The number of hydrogen-bond donors (Lipinski definition) is 2. The van der Waals surface area contributed by atoms with Crippen molar-refractivity contribution in [3.8, 4) is 29.6 Å². The van der Waals surface area contributed by atoms with Gasteiger partial charge in [0.1, 0.15) is 12.4 Å². The van der Waals surface area contributed by atoms with Crippen LogP contribution < -0.4 is 25.3 Å². The highest BCUT2D eigenvalue weighted by molar-refractivity contribution is 14.0. The number of hydrogen-bond acceptors (Lipinski definition) is 4. The number of halogens is 1. The van der Waals surface area contributed by atoms with E-state index in [0.29, 0.717) is 24.0 Å². The van der Waals surface area contributed by atoms with Crippen molar-refractivity contribution in [2.24, 2.45) is 10.7 Å². The summed E-state index contributed by atoms with van der Waals surface area (Å²) >= 11 is 0. The Morgan fingerprint density at radius 1 is 1.18 bits per heavy atom. The minimum atomic E-state index is 0. The lowest BCUT2D eigenvalue weighted by Gasteiger charge is -2.11. The molecule has 150 valence electrons. The number of rotatable bonds is 8. The largest absolute Gasteiger partial charge is 0.493 e. The van der Waals surface area contributed by atoms with Gasteiger partial charge in [0.2, 0.25) is 0 Å². The molecule has 0 bridgehead atoms. The summed E-state index contributed by atoms with van der Waals surface area (Å²) in [6, 6.07) is 13.1. The molecule has 2 aromatic carbocycles. The van der Waals surface area contributed by atoms with Gasteiger partial charge in [-0.05, 0) is 55.8 Å². The van der Waals surface area contributed by atoms with E-state index in [2.05, 4.69) is 16.2 Å². The second-order valence-electron chi connectivity index (χ2n) is 6.00. The van der Waals surface area contributed by atoms with Gasteiger partial charge in [0.05, 0.1) is 19.8 Å². The van der Waals surface area contributed by atoms with Crippen LogP contribution in [0, 0.1) is 12.3 Å². The minimum absolute atomic E-state index is 0. The van der Waals surface area contributed by atoms with Crippen LogP contribution in [0.2, 0.25) is 0 Å². The fraction of sp³-hybridized carbons (Fsp3) is 0.286. The van der Waals surface area contributed by atoms with Crippen molar-refractivity contribution in [3.63, 3.8) is 0 Å². The molecule has 0 fully saturated rings. The first-order valence-electron chi connectivity index (χ1n) is 8.58. The molecule has 0 aliphatic rings. The number of terminal acetylenes is 1. The maximum Gasteiger partial charge on any atom is 0.193 e. The summed E-state index contributed by atoms with van der Waals surface area (Å²) in [6.45, 7) is 4.53. The molecule has 0 unspecified atom stereocenters. The zero-order valence-corrected chi connectivity index (χ0v) is 18.6. The van der Waals surface area contributed by atoms with E-state index < -0.39 is 0 Å². The van der Waals surface area contributed by atoms with Gasteiger partial charge in [-0.1, -0.05) is 12.0 Å². The van der Waals surface area contributed by atoms with Crippen molar-refractivity contribution < 1.29 is 14.2 Å². The maximum atomic E-state index is 5.97. The molecule has 0 spiro atoms. The highest BCUT2D eigenvalue weighted by atomic mass is 127. The molecule has 0 radical (unpaired) electrons. The Morgan fingerprint density at radius 3 is 2.50 bits per heavy atom. The highest BCUT2D eigenvalue weighted by Gasteiger charge is 2.06. The van der Waals surface area contributed by atoms with E-state index >= 15 is 0 Å². The Morgan fingerprint density at radius 2 is 1.89 bits per heavy atom. The molecule has 0 saturated carbocycles. The number of aliphatic imine (C=N–C) groups is 1. The molecule has 0 aromatic heterocycles. The van der Waals surface area contributed by atoms with Crippen LogP contribution in [0.5, 0.6) is 17.2 Å². The van der Waals surface area contributed by atoms with Crippen LogP contribution in [0.25, 0.3) is 0 Å². The Kier molecular flexibility index (Phi) is 10.0. The van der Waals surface area contributed by atoms with E-state index in [9.17, 15) is 0 Å². The normalized spacial score (nSPS) is 10.6.